The van der Waals surface area contributed by atoms with Crippen LogP contribution in [0, 0.1) is 0 Å². The lowest BCUT2D eigenvalue weighted by Crippen LogP contribution is -2.14. The molecule has 0 saturated heterocycles. The van der Waals surface area contributed by atoms with E-state index in [4.69, 9.17) is 5.11 Å². The van der Waals surface area contributed by atoms with Gasteiger partial charge < -0.3 is 14.8 Å². The van der Waals surface area contributed by atoms with Crippen molar-refractivity contribution in [2.75, 3.05) is 0 Å². The molecule has 0 spiro atoms. The lowest BCUT2D eigenvalue weighted by Gasteiger charge is -2.18. The number of aromatic nitrogens is 2. The van der Waals surface area contributed by atoms with Gasteiger partial charge in [-0.15, -0.1) is 0 Å². The van der Waals surface area contributed by atoms with E-state index in [1.54, 1.807) is 6.20 Å². The molecule has 76 valence electrons. The molecule has 0 radical (unpaired) electrons. The maximum atomic E-state index is 10.5. The van der Waals surface area contributed by atoms with Crippen LogP contribution in [-0.4, -0.2) is 25.7 Å². The molecule has 1 aromatic heterocycles. The van der Waals surface area contributed by atoms with Crippen molar-refractivity contribution in [3.8, 4) is 0 Å². The summed E-state index contributed by atoms with van der Waals surface area (Å²) in [4.78, 5) is 14.6. The topological polar surface area (TPSA) is 75.3 Å². The van der Waals surface area contributed by atoms with E-state index in [1.807, 2.05) is 4.57 Å². The fourth-order valence-corrected chi connectivity index (χ4v) is 1.76. The normalized spacial score (nSPS) is 20.5. The first-order valence-electron chi connectivity index (χ1n) is 4.62. The maximum absolute atomic E-state index is 10.5. The summed E-state index contributed by atoms with van der Waals surface area (Å²) in [6, 6.07) is 0. The minimum absolute atomic E-state index is 0.0767. The van der Waals surface area contributed by atoms with Crippen LogP contribution >= 0.6 is 0 Å². The summed E-state index contributed by atoms with van der Waals surface area (Å²) in [5.74, 6) is -0.289. The van der Waals surface area contributed by atoms with Gasteiger partial charge in [0.1, 0.15) is 11.9 Å². The molecule has 5 heteroatoms. The second-order valence-corrected chi connectivity index (χ2v) is 3.51. The molecule has 1 aromatic rings. The summed E-state index contributed by atoms with van der Waals surface area (Å²) in [5, 5.41) is 18.2. The highest BCUT2D eigenvalue weighted by atomic mass is 16.4. The molecule has 1 unspecified atom stereocenters. The second-order valence-electron chi connectivity index (χ2n) is 3.51. The Morgan fingerprint density at radius 1 is 1.71 bits per heavy atom. The van der Waals surface area contributed by atoms with Crippen LogP contribution in [0.1, 0.15) is 30.5 Å². The Bertz CT molecular complexity index is 359. The number of aryl methyl sites for hydroxylation is 1. The second kappa shape index (κ2) is 3.42. The van der Waals surface area contributed by atoms with Gasteiger partial charge in [0.05, 0.1) is 12.1 Å². The Balaban J connectivity index is 2.26. The molecular formula is C9H12N2O3. The zero-order valence-corrected chi connectivity index (χ0v) is 7.68. The van der Waals surface area contributed by atoms with Crippen molar-refractivity contribution in [3.63, 3.8) is 0 Å². The summed E-state index contributed by atoms with van der Waals surface area (Å²) in [6.07, 6.45) is 2.73. The molecule has 1 aliphatic heterocycles. The molecule has 0 fully saturated rings. The van der Waals surface area contributed by atoms with E-state index >= 15 is 0 Å². The number of carbonyl (C=O) groups is 1. The molecule has 0 aromatic carbocycles. The van der Waals surface area contributed by atoms with Gasteiger partial charge in [-0.1, -0.05) is 0 Å². The van der Waals surface area contributed by atoms with Crippen LogP contribution in [0.4, 0.5) is 0 Å². The molecule has 5 nitrogen and oxygen atoms in total. The van der Waals surface area contributed by atoms with Gasteiger partial charge >= 0.3 is 5.97 Å². The predicted octanol–water partition coefficient (Wildman–Crippen LogP) is 0.337. The molecule has 2 N–H and O–H groups in total. The number of hydrogen-bond donors (Lipinski definition) is 2. The Hall–Kier alpha value is -1.36. The highest BCUT2D eigenvalue weighted by molar-refractivity contribution is 5.69. The molecule has 0 aliphatic carbocycles. The Morgan fingerprint density at radius 3 is 3.14 bits per heavy atom. The van der Waals surface area contributed by atoms with Gasteiger partial charge in [-0.05, 0) is 12.8 Å². The number of aliphatic hydroxyl groups excluding tert-OH is 1. The van der Waals surface area contributed by atoms with Gasteiger partial charge in [0, 0.05) is 12.7 Å². The molecular weight excluding hydrogens is 184 g/mol. The molecule has 1 atom stereocenters. The number of carboxylic acids is 1. The van der Waals surface area contributed by atoms with Crippen LogP contribution in [0.15, 0.2) is 6.20 Å². The molecule has 0 saturated carbocycles. The summed E-state index contributed by atoms with van der Waals surface area (Å²) in [5.41, 5.74) is 0.522. The minimum Gasteiger partial charge on any atom is -0.481 e. The van der Waals surface area contributed by atoms with E-state index in [1.165, 1.54) is 0 Å². The van der Waals surface area contributed by atoms with Crippen molar-refractivity contribution < 1.29 is 15.0 Å². The summed E-state index contributed by atoms with van der Waals surface area (Å²) < 4.78 is 1.84. The maximum Gasteiger partial charge on any atom is 0.309 e. The number of hydrogen-bond acceptors (Lipinski definition) is 3. The van der Waals surface area contributed by atoms with Crippen LogP contribution in [0.25, 0.3) is 0 Å². The quantitative estimate of drug-likeness (QED) is 0.715. The summed E-state index contributed by atoms with van der Waals surface area (Å²) in [6.45, 7) is 0.818. The lowest BCUT2D eigenvalue weighted by molar-refractivity contribution is -0.136. The fraction of sp³-hybridized carbons (Fsp3) is 0.556. The molecule has 14 heavy (non-hydrogen) atoms. The Kier molecular flexibility index (Phi) is 2.25. The number of carboxylic acid groups (broad SMARTS) is 1. The van der Waals surface area contributed by atoms with Gasteiger partial charge in [-0.2, -0.15) is 0 Å². The monoisotopic (exact) mass is 196 g/mol. The van der Waals surface area contributed by atoms with Crippen molar-refractivity contribution in [2.24, 2.45) is 0 Å². The zero-order valence-electron chi connectivity index (χ0n) is 7.68. The average molecular weight is 196 g/mol. The van der Waals surface area contributed by atoms with Crippen LogP contribution < -0.4 is 0 Å². The van der Waals surface area contributed by atoms with Crippen molar-refractivity contribution in [2.45, 2.75) is 31.9 Å². The SMILES string of the molecule is O=C(O)Cc1cn2c(n1)C(O)CCC2. The number of imidazole rings is 1. The minimum atomic E-state index is -0.894. The molecule has 2 heterocycles. The summed E-state index contributed by atoms with van der Waals surface area (Å²) >= 11 is 0. The number of nitrogens with zero attached hydrogens (tertiary/aromatic N) is 2. The van der Waals surface area contributed by atoms with Gasteiger partial charge in [-0.3, -0.25) is 4.79 Å². The van der Waals surface area contributed by atoms with Crippen LogP contribution in [0.3, 0.4) is 0 Å². The number of rotatable bonds is 2. The first-order chi connectivity index (χ1) is 6.66. The predicted molar refractivity (Wildman–Crippen MR) is 47.8 cm³/mol. The van der Waals surface area contributed by atoms with E-state index in [0.29, 0.717) is 17.9 Å². The first-order valence-corrected chi connectivity index (χ1v) is 4.62. The molecule has 2 rings (SSSR count). The first kappa shape index (κ1) is 9.21. The highest BCUT2D eigenvalue weighted by Gasteiger charge is 2.21. The van der Waals surface area contributed by atoms with Crippen LogP contribution in [0.2, 0.25) is 0 Å². The van der Waals surface area contributed by atoms with Crippen molar-refractivity contribution in [1.29, 1.82) is 0 Å². The number of fused-ring (bicyclic) bond motifs is 1. The van der Waals surface area contributed by atoms with Crippen LogP contribution in [0.5, 0.6) is 0 Å². The lowest BCUT2D eigenvalue weighted by atomic mass is 10.1. The number of aliphatic hydroxyl groups is 1. The Morgan fingerprint density at radius 2 is 2.50 bits per heavy atom. The van der Waals surface area contributed by atoms with Crippen molar-refractivity contribution >= 4 is 5.97 Å². The molecule has 1 aliphatic rings. The fourth-order valence-electron chi connectivity index (χ4n) is 1.76. The standard InChI is InChI=1S/C9H12N2O3/c12-7-2-1-3-11-5-6(4-8(13)14)10-9(7)11/h5,7,12H,1-4H2,(H,13,14). The molecule has 0 bridgehead atoms. The van der Waals surface area contributed by atoms with Gasteiger partial charge in [0.15, 0.2) is 0 Å². The molecule has 0 amide bonds. The van der Waals surface area contributed by atoms with Gasteiger partial charge in [0.25, 0.3) is 0 Å². The Labute approximate surface area is 81.0 Å². The number of aliphatic carboxylic acids is 1. The van der Waals surface area contributed by atoms with Gasteiger partial charge in [-0.25, -0.2) is 4.98 Å². The van der Waals surface area contributed by atoms with E-state index in [-0.39, 0.29) is 6.42 Å². The van der Waals surface area contributed by atoms with Crippen LogP contribution in [-0.2, 0) is 17.8 Å². The van der Waals surface area contributed by atoms with Gasteiger partial charge in [0.2, 0.25) is 0 Å². The van der Waals surface area contributed by atoms with E-state index in [0.717, 1.165) is 13.0 Å². The van der Waals surface area contributed by atoms with Crippen molar-refractivity contribution in [1.82, 2.24) is 9.55 Å². The average Bonchev–Trinajstić information content (AvgIpc) is 2.47. The summed E-state index contributed by atoms with van der Waals surface area (Å²) in [7, 11) is 0. The smallest absolute Gasteiger partial charge is 0.309 e. The largest absolute Gasteiger partial charge is 0.481 e. The highest BCUT2D eigenvalue weighted by Crippen LogP contribution is 2.23. The zero-order chi connectivity index (χ0) is 10.1. The van der Waals surface area contributed by atoms with E-state index in [2.05, 4.69) is 4.98 Å². The third kappa shape index (κ3) is 1.63. The van der Waals surface area contributed by atoms with E-state index in [9.17, 15) is 9.90 Å². The van der Waals surface area contributed by atoms with Crippen molar-refractivity contribution in [3.05, 3.63) is 17.7 Å². The third-order valence-electron chi connectivity index (χ3n) is 2.36. The van der Waals surface area contributed by atoms with E-state index < -0.39 is 12.1 Å². The third-order valence-corrected chi connectivity index (χ3v) is 2.36.